The van der Waals surface area contributed by atoms with Crippen molar-refractivity contribution in [3.63, 3.8) is 0 Å². The molecule has 0 fully saturated rings. The second-order valence-corrected chi connectivity index (χ2v) is 3.17. The first-order chi connectivity index (χ1) is 6.29. The second kappa shape index (κ2) is 3.14. The zero-order valence-corrected chi connectivity index (χ0v) is 8.01. The summed E-state index contributed by atoms with van der Waals surface area (Å²) in [6.07, 6.45) is 5.46. The first-order valence-electron chi connectivity index (χ1n) is 3.94. The quantitative estimate of drug-likeness (QED) is 0.701. The molecule has 13 heavy (non-hydrogen) atoms. The van der Waals surface area contributed by atoms with Crippen LogP contribution in [0, 0.1) is 4.77 Å². The van der Waals surface area contributed by atoms with Crippen molar-refractivity contribution >= 4 is 12.2 Å². The van der Waals surface area contributed by atoms with E-state index < -0.39 is 0 Å². The Hall–Kier alpha value is -1.42. The van der Waals surface area contributed by atoms with E-state index in [9.17, 15) is 0 Å². The van der Waals surface area contributed by atoms with Gasteiger partial charge < -0.3 is 9.55 Å². The van der Waals surface area contributed by atoms with Gasteiger partial charge in [0.05, 0.1) is 5.69 Å². The summed E-state index contributed by atoms with van der Waals surface area (Å²) >= 11 is 5.06. The second-order valence-electron chi connectivity index (χ2n) is 2.78. The van der Waals surface area contributed by atoms with E-state index in [-0.39, 0.29) is 0 Å². The topological polar surface area (TPSA) is 33.6 Å². The lowest BCUT2D eigenvalue weighted by Crippen LogP contribution is -1.91. The number of imidazole rings is 1. The van der Waals surface area contributed by atoms with Gasteiger partial charge in [0.25, 0.3) is 0 Å². The van der Waals surface area contributed by atoms with Gasteiger partial charge in [-0.2, -0.15) is 0 Å². The van der Waals surface area contributed by atoms with Crippen molar-refractivity contribution in [1.82, 2.24) is 14.5 Å². The van der Waals surface area contributed by atoms with E-state index in [4.69, 9.17) is 12.2 Å². The number of aromatic nitrogens is 3. The van der Waals surface area contributed by atoms with Gasteiger partial charge in [-0.25, -0.2) is 0 Å². The molecule has 66 valence electrons. The van der Waals surface area contributed by atoms with Crippen LogP contribution in [0.1, 0.15) is 0 Å². The first kappa shape index (κ1) is 8.19. The van der Waals surface area contributed by atoms with Crippen molar-refractivity contribution in [3.05, 3.63) is 35.5 Å². The third-order valence-corrected chi connectivity index (χ3v) is 2.35. The maximum Gasteiger partial charge on any atom is 0.177 e. The fourth-order valence-corrected chi connectivity index (χ4v) is 1.38. The number of aromatic amines is 1. The molecule has 2 aromatic heterocycles. The number of H-pyrrole nitrogens is 1. The molecule has 3 nitrogen and oxygen atoms in total. The van der Waals surface area contributed by atoms with Crippen LogP contribution in [-0.2, 0) is 7.05 Å². The molecule has 4 heteroatoms. The Balaban J connectivity index is 2.60. The van der Waals surface area contributed by atoms with E-state index in [1.54, 1.807) is 6.20 Å². The van der Waals surface area contributed by atoms with Crippen molar-refractivity contribution < 1.29 is 0 Å². The largest absolute Gasteiger partial charge is 0.337 e. The van der Waals surface area contributed by atoms with Crippen molar-refractivity contribution in [2.75, 3.05) is 0 Å². The number of pyridine rings is 1. The molecular weight excluding hydrogens is 182 g/mol. The van der Waals surface area contributed by atoms with E-state index in [1.807, 2.05) is 36.1 Å². The number of hydrogen-bond donors (Lipinski definition) is 1. The van der Waals surface area contributed by atoms with Gasteiger partial charge in [-0.1, -0.05) is 0 Å². The molecule has 0 radical (unpaired) electrons. The predicted octanol–water partition coefficient (Wildman–Crippen LogP) is 2.14. The maximum absolute atomic E-state index is 5.06. The molecule has 2 heterocycles. The van der Waals surface area contributed by atoms with E-state index in [1.165, 1.54) is 0 Å². The summed E-state index contributed by atoms with van der Waals surface area (Å²) in [7, 11) is 1.93. The van der Waals surface area contributed by atoms with E-state index in [0.29, 0.717) is 0 Å². The van der Waals surface area contributed by atoms with Crippen molar-refractivity contribution in [3.8, 4) is 11.3 Å². The van der Waals surface area contributed by atoms with Gasteiger partial charge in [0.1, 0.15) is 0 Å². The van der Waals surface area contributed by atoms with Crippen LogP contribution in [0.2, 0.25) is 0 Å². The van der Waals surface area contributed by atoms with Crippen LogP contribution in [0.25, 0.3) is 11.3 Å². The number of nitrogens with zero attached hydrogens (tertiary/aromatic N) is 2. The minimum absolute atomic E-state index is 0.721. The molecule has 0 atom stereocenters. The molecule has 0 aliphatic carbocycles. The van der Waals surface area contributed by atoms with E-state index >= 15 is 0 Å². The number of rotatable bonds is 1. The predicted molar refractivity (Wildman–Crippen MR) is 53.8 cm³/mol. The summed E-state index contributed by atoms with van der Waals surface area (Å²) in [4.78, 5) is 7.04. The molecule has 1 N–H and O–H groups in total. The Morgan fingerprint density at radius 3 is 2.92 bits per heavy atom. The smallest absolute Gasteiger partial charge is 0.177 e. The minimum atomic E-state index is 0.721. The maximum atomic E-state index is 5.06. The molecule has 0 spiro atoms. The van der Waals surface area contributed by atoms with Crippen LogP contribution in [-0.4, -0.2) is 14.5 Å². The summed E-state index contributed by atoms with van der Waals surface area (Å²) in [6.45, 7) is 0. The van der Waals surface area contributed by atoms with Gasteiger partial charge in [-0.05, 0) is 24.4 Å². The van der Waals surface area contributed by atoms with Crippen molar-refractivity contribution in [1.29, 1.82) is 0 Å². The Morgan fingerprint density at radius 1 is 1.54 bits per heavy atom. The van der Waals surface area contributed by atoms with Crippen LogP contribution >= 0.6 is 12.2 Å². The lowest BCUT2D eigenvalue weighted by atomic mass is 10.2. The monoisotopic (exact) mass is 191 g/mol. The van der Waals surface area contributed by atoms with Crippen LogP contribution in [0.3, 0.4) is 0 Å². The van der Waals surface area contributed by atoms with Crippen LogP contribution in [0.15, 0.2) is 30.7 Å². The SMILES string of the molecule is Cn1c(-c2cccnc2)c[nH]c1=S. The highest BCUT2D eigenvalue weighted by Crippen LogP contribution is 2.16. The highest BCUT2D eigenvalue weighted by Gasteiger charge is 2.01. The fourth-order valence-electron chi connectivity index (χ4n) is 1.22. The lowest BCUT2D eigenvalue weighted by molar-refractivity contribution is 0.901. The highest BCUT2D eigenvalue weighted by molar-refractivity contribution is 7.71. The Morgan fingerprint density at radius 2 is 2.38 bits per heavy atom. The van der Waals surface area contributed by atoms with Crippen molar-refractivity contribution in [2.45, 2.75) is 0 Å². The summed E-state index contributed by atoms with van der Waals surface area (Å²) in [5.41, 5.74) is 2.12. The normalized spacial score (nSPS) is 10.2. The zero-order valence-electron chi connectivity index (χ0n) is 7.19. The number of nitrogens with one attached hydrogen (secondary N) is 1. The summed E-state index contributed by atoms with van der Waals surface area (Å²) < 4.78 is 2.64. The Kier molecular flexibility index (Phi) is 1.98. The third-order valence-electron chi connectivity index (χ3n) is 1.96. The Labute approximate surface area is 81.1 Å². The molecule has 0 aliphatic heterocycles. The van der Waals surface area contributed by atoms with Gasteiger partial charge in [-0.15, -0.1) is 0 Å². The summed E-state index contributed by atoms with van der Waals surface area (Å²) in [6, 6.07) is 3.91. The molecule has 0 bridgehead atoms. The average molecular weight is 191 g/mol. The average Bonchev–Trinajstić information content (AvgIpc) is 2.49. The van der Waals surface area contributed by atoms with Gasteiger partial charge in [-0.3, -0.25) is 4.98 Å². The standard InChI is InChI=1S/C9H9N3S/c1-12-8(6-11-9(12)13)7-3-2-4-10-5-7/h2-6H,1H3,(H,11,13). The molecule has 2 rings (SSSR count). The fraction of sp³-hybridized carbons (Fsp3) is 0.111. The first-order valence-corrected chi connectivity index (χ1v) is 4.34. The summed E-state index contributed by atoms with van der Waals surface area (Å²) in [5, 5.41) is 0. The van der Waals surface area contributed by atoms with Gasteiger partial charge in [0.2, 0.25) is 0 Å². The Bertz CT molecular complexity index is 455. The summed E-state index contributed by atoms with van der Waals surface area (Å²) in [5.74, 6) is 0. The van der Waals surface area contributed by atoms with Crippen LogP contribution in [0.4, 0.5) is 0 Å². The molecule has 0 saturated heterocycles. The minimum Gasteiger partial charge on any atom is -0.337 e. The lowest BCUT2D eigenvalue weighted by Gasteiger charge is -1.99. The number of hydrogen-bond acceptors (Lipinski definition) is 2. The molecular formula is C9H9N3S. The molecule has 2 aromatic rings. The third kappa shape index (κ3) is 1.40. The van der Waals surface area contributed by atoms with Crippen LogP contribution < -0.4 is 0 Å². The molecule has 0 unspecified atom stereocenters. The van der Waals surface area contributed by atoms with Crippen LogP contribution in [0.5, 0.6) is 0 Å². The zero-order chi connectivity index (χ0) is 9.26. The van der Waals surface area contributed by atoms with Gasteiger partial charge >= 0.3 is 0 Å². The van der Waals surface area contributed by atoms with E-state index in [2.05, 4.69) is 9.97 Å². The van der Waals surface area contributed by atoms with Gasteiger partial charge in [0, 0.05) is 31.2 Å². The molecule has 0 amide bonds. The molecule has 0 aliphatic rings. The van der Waals surface area contributed by atoms with Crippen molar-refractivity contribution in [2.24, 2.45) is 7.05 Å². The molecule has 0 saturated carbocycles. The van der Waals surface area contributed by atoms with E-state index in [0.717, 1.165) is 16.0 Å². The highest BCUT2D eigenvalue weighted by atomic mass is 32.1. The molecule has 0 aromatic carbocycles. The van der Waals surface area contributed by atoms with Gasteiger partial charge in [0.15, 0.2) is 4.77 Å².